The normalized spacial score (nSPS) is 12.3. The van der Waals surface area contributed by atoms with Crippen molar-refractivity contribution in [2.75, 3.05) is 5.32 Å². The third kappa shape index (κ3) is 7.78. The first-order chi connectivity index (χ1) is 16.5. The number of amides is 1. The Morgan fingerprint density at radius 2 is 1.71 bits per heavy atom. The molecular weight excluding hydrogens is 456 g/mol. The minimum Gasteiger partial charge on any atom is -0.324 e. The van der Waals surface area contributed by atoms with Gasteiger partial charge < -0.3 is 5.32 Å². The Labute approximate surface area is 213 Å². The van der Waals surface area contributed by atoms with E-state index in [1.165, 1.54) is 31.2 Å². The molecule has 0 fully saturated rings. The van der Waals surface area contributed by atoms with E-state index in [1.54, 1.807) is 29.7 Å². The molecule has 1 amide bonds. The molecule has 1 unspecified atom stereocenters. The van der Waals surface area contributed by atoms with Crippen LogP contribution in [0.4, 0.5) is 5.69 Å². The molecule has 0 aliphatic heterocycles. The fourth-order valence-corrected chi connectivity index (χ4v) is 5.97. The molecule has 3 aromatic rings. The molecule has 0 aliphatic rings. The molecule has 34 heavy (non-hydrogen) atoms. The van der Waals surface area contributed by atoms with Crippen LogP contribution in [0.2, 0.25) is 0 Å². The van der Waals surface area contributed by atoms with Gasteiger partial charge in [0.05, 0.1) is 16.5 Å². The molecule has 0 bridgehead atoms. The number of rotatable bonds is 13. The van der Waals surface area contributed by atoms with Crippen LogP contribution in [-0.2, 0) is 11.2 Å². The maximum absolute atomic E-state index is 13.7. The lowest BCUT2D eigenvalue weighted by Crippen LogP contribution is -2.25. The summed E-state index contributed by atoms with van der Waals surface area (Å²) >= 11 is 3.47. The fraction of sp³-hybridized carbons (Fsp3) is 0.448. The Morgan fingerprint density at radius 1 is 0.941 bits per heavy atom. The van der Waals surface area contributed by atoms with E-state index in [4.69, 9.17) is 0 Å². The molecule has 1 atom stereocenters. The smallest absolute Gasteiger partial charge is 0.237 e. The van der Waals surface area contributed by atoms with E-state index < -0.39 is 0 Å². The number of hydrogen-bond acceptors (Lipinski definition) is 4. The topological polar surface area (TPSA) is 42.0 Å². The Morgan fingerprint density at radius 3 is 2.41 bits per heavy atom. The first kappa shape index (κ1) is 26.6. The van der Waals surface area contributed by atoms with Gasteiger partial charge >= 0.3 is 0 Å². The molecule has 0 saturated carbocycles. The van der Waals surface area contributed by atoms with Crippen molar-refractivity contribution in [3.05, 3.63) is 60.3 Å². The third-order valence-electron chi connectivity index (χ3n) is 5.83. The van der Waals surface area contributed by atoms with Crippen LogP contribution in [0, 0.1) is 0 Å². The van der Waals surface area contributed by atoms with Gasteiger partial charge in [-0.3, -0.25) is 9.78 Å². The zero-order valence-electron chi connectivity index (χ0n) is 21.0. The Kier molecular flexibility index (Phi) is 10.8. The van der Waals surface area contributed by atoms with E-state index in [2.05, 4.69) is 74.4 Å². The molecular formula is C29H38N2OS2. The number of carbonyl (C=O) groups excluding carboxylic acids is 1. The summed E-state index contributed by atoms with van der Waals surface area (Å²) in [6, 6.07) is 16.8. The van der Waals surface area contributed by atoms with E-state index in [9.17, 15) is 4.79 Å². The van der Waals surface area contributed by atoms with Gasteiger partial charge in [0.25, 0.3) is 0 Å². The van der Waals surface area contributed by atoms with Gasteiger partial charge in [-0.25, -0.2) is 0 Å². The van der Waals surface area contributed by atoms with Crippen molar-refractivity contribution in [1.82, 2.24) is 4.98 Å². The standard InChI is InChI=1S/C29H38N2OS2/c1-5-7-8-9-10-13-27(34-23-16-14-22(6-2)15-17-23)29(32)31-28-24-12-11-20-30-25(24)18-19-26(28)33-21(3)4/h11-12,14-21,27H,5-10,13H2,1-4H3,(H,31,32). The molecule has 182 valence electrons. The van der Waals surface area contributed by atoms with E-state index in [0.717, 1.165) is 45.6 Å². The van der Waals surface area contributed by atoms with Crippen LogP contribution >= 0.6 is 23.5 Å². The number of fused-ring (bicyclic) bond motifs is 1. The van der Waals surface area contributed by atoms with E-state index in [0.29, 0.717) is 5.25 Å². The van der Waals surface area contributed by atoms with Crippen LogP contribution in [-0.4, -0.2) is 21.4 Å². The van der Waals surface area contributed by atoms with Gasteiger partial charge in [0.2, 0.25) is 5.91 Å². The van der Waals surface area contributed by atoms with Crippen molar-refractivity contribution < 1.29 is 4.79 Å². The Balaban J connectivity index is 1.83. The number of carbonyl (C=O) groups is 1. The highest BCUT2D eigenvalue weighted by Crippen LogP contribution is 2.37. The van der Waals surface area contributed by atoms with Crippen molar-refractivity contribution in [3.63, 3.8) is 0 Å². The number of benzene rings is 2. The second-order valence-electron chi connectivity index (χ2n) is 8.97. The summed E-state index contributed by atoms with van der Waals surface area (Å²) < 4.78 is 0. The summed E-state index contributed by atoms with van der Waals surface area (Å²) in [6.07, 6.45) is 9.70. The largest absolute Gasteiger partial charge is 0.324 e. The molecule has 3 rings (SSSR count). The van der Waals surface area contributed by atoms with Crippen molar-refractivity contribution in [1.29, 1.82) is 0 Å². The lowest BCUT2D eigenvalue weighted by molar-refractivity contribution is -0.115. The predicted octanol–water partition coefficient (Wildman–Crippen LogP) is 8.76. The third-order valence-corrected chi connectivity index (χ3v) is 8.17. The summed E-state index contributed by atoms with van der Waals surface area (Å²) in [5.41, 5.74) is 3.13. The second kappa shape index (κ2) is 13.8. The minimum absolute atomic E-state index is 0.0852. The molecule has 1 aromatic heterocycles. The van der Waals surface area contributed by atoms with Crippen LogP contribution in [0.15, 0.2) is 64.5 Å². The summed E-state index contributed by atoms with van der Waals surface area (Å²) in [7, 11) is 0. The highest BCUT2D eigenvalue weighted by atomic mass is 32.2. The Hall–Kier alpha value is -1.98. The highest BCUT2D eigenvalue weighted by molar-refractivity contribution is 8.00. The SMILES string of the molecule is CCCCCCCC(Sc1ccc(CC)cc1)C(=O)Nc1c(SC(C)C)ccc2ncccc12. The van der Waals surface area contributed by atoms with Gasteiger partial charge in [0.1, 0.15) is 0 Å². The average molecular weight is 495 g/mol. The number of thioether (sulfide) groups is 2. The van der Waals surface area contributed by atoms with E-state index in [1.807, 2.05) is 12.1 Å². The number of aromatic nitrogens is 1. The first-order valence-electron chi connectivity index (χ1n) is 12.6. The zero-order chi connectivity index (χ0) is 24.3. The maximum Gasteiger partial charge on any atom is 0.237 e. The zero-order valence-corrected chi connectivity index (χ0v) is 22.6. The molecule has 0 spiro atoms. The number of hydrogen-bond donors (Lipinski definition) is 1. The van der Waals surface area contributed by atoms with Crippen LogP contribution < -0.4 is 5.32 Å². The molecule has 1 N–H and O–H groups in total. The second-order valence-corrected chi connectivity index (χ2v) is 11.9. The van der Waals surface area contributed by atoms with Gasteiger partial charge in [-0.1, -0.05) is 71.9 Å². The molecule has 5 heteroatoms. The van der Waals surface area contributed by atoms with Gasteiger partial charge in [-0.05, 0) is 54.8 Å². The minimum atomic E-state index is -0.127. The quantitative estimate of drug-likeness (QED) is 0.190. The summed E-state index contributed by atoms with van der Waals surface area (Å²) in [6.45, 7) is 8.76. The number of aryl methyl sites for hydroxylation is 1. The van der Waals surface area contributed by atoms with Crippen molar-refractivity contribution in [2.45, 2.75) is 92.9 Å². The number of anilines is 1. The molecule has 0 radical (unpaired) electrons. The number of nitrogens with zero attached hydrogens (tertiary/aromatic N) is 1. The number of nitrogens with one attached hydrogen (secondary N) is 1. The van der Waals surface area contributed by atoms with E-state index in [-0.39, 0.29) is 11.2 Å². The molecule has 2 aromatic carbocycles. The van der Waals surface area contributed by atoms with Gasteiger partial charge in [-0.2, -0.15) is 0 Å². The lowest BCUT2D eigenvalue weighted by atomic mass is 10.1. The summed E-state index contributed by atoms with van der Waals surface area (Å²) in [5, 5.41) is 4.63. The molecule has 0 saturated heterocycles. The fourth-order valence-electron chi connectivity index (χ4n) is 3.96. The van der Waals surface area contributed by atoms with Crippen LogP contribution in [0.1, 0.15) is 71.8 Å². The van der Waals surface area contributed by atoms with Crippen molar-refractivity contribution >= 4 is 46.0 Å². The number of pyridine rings is 1. The predicted molar refractivity (Wildman–Crippen MR) is 150 cm³/mol. The highest BCUT2D eigenvalue weighted by Gasteiger charge is 2.22. The van der Waals surface area contributed by atoms with Gasteiger partial charge in [0, 0.05) is 26.6 Å². The Bertz CT molecular complexity index is 1050. The molecule has 3 nitrogen and oxygen atoms in total. The van der Waals surface area contributed by atoms with Gasteiger partial charge in [0.15, 0.2) is 0 Å². The van der Waals surface area contributed by atoms with E-state index >= 15 is 0 Å². The van der Waals surface area contributed by atoms with Gasteiger partial charge in [-0.15, -0.1) is 23.5 Å². The summed E-state index contributed by atoms with van der Waals surface area (Å²) in [5.74, 6) is 0.0852. The van der Waals surface area contributed by atoms with Crippen molar-refractivity contribution in [2.24, 2.45) is 0 Å². The molecule has 0 aliphatic carbocycles. The van der Waals surface area contributed by atoms with Crippen LogP contribution in [0.3, 0.4) is 0 Å². The monoisotopic (exact) mass is 494 g/mol. The van der Waals surface area contributed by atoms with Crippen molar-refractivity contribution in [3.8, 4) is 0 Å². The van der Waals surface area contributed by atoms with Crippen LogP contribution in [0.5, 0.6) is 0 Å². The molecule has 1 heterocycles. The maximum atomic E-state index is 13.7. The van der Waals surface area contributed by atoms with Crippen LogP contribution in [0.25, 0.3) is 10.9 Å². The summed E-state index contributed by atoms with van der Waals surface area (Å²) in [4.78, 5) is 20.4. The number of unbranched alkanes of at least 4 members (excludes halogenated alkanes) is 4. The lowest BCUT2D eigenvalue weighted by Gasteiger charge is -2.20. The average Bonchev–Trinajstić information content (AvgIpc) is 2.84. The first-order valence-corrected chi connectivity index (χ1v) is 14.4.